The molecule has 5 nitrogen and oxygen atoms in total. The monoisotopic (exact) mass is 297 g/mol. The van der Waals surface area contributed by atoms with Crippen LogP contribution in [0.1, 0.15) is 30.6 Å². The number of anilines is 1. The van der Waals surface area contributed by atoms with Gasteiger partial charge in [0, 0.05) is 18.8 Å². The van der Waals surface area contributed by atoms with Crippen LogP contribution in [0.4, 0.5) is 5.69 Å². The molecular weight excluding hydrogens is 278 g/mol. The maximum Gasteiger partial charge on any atom is 0.252 e. The Kier molecular flexibility index (Phi) is 6.48. The van der Waals surface area contributed by atoms with Crippen LogP contribution >= 0.6 is 11.6 Å². The lowest BCUT2D eigenvalue weighted by Crippen LogP contribution is -2.34. The van der Waals surface area contributed by atoms with Gasteiger partial charge in [-0.15, -0.1) is 0 Å². The van der Waals surface area contributed by atoms with Crippen LogP contribution in [0, 0.1) is 0 Å². The molecule has 0 saturated heterocycles. The van der Waals surface area contributed by atoms with E-state index in [0.717, 1.165) is 6.42 Å². The summed E-state index contributed by atoms with van der Waals surface area (Å²) in [6, 6.07) is 5.09. The average Bonchev–Trinajstić information content (AvgIpc) is 2.45. The van der Waals surface area contributed by atoms with Crippen molar-refractivity contribution in [2.45, 2.75) is 26.3 Å². The highest BCUT2D eigenvalue weighted by molar-refractivity contribution is 6.34. The second kappa shape index (κ2) is 7.87. The lowest BCUT2D eigenvalue weighted by Gasteiger charge is -2.12. The minimum Gasteiger partial charge on any atom is -0.355 e. The van der Waals surface area contributed by atoms with E-state index in [4.69, 9.17) is 11.6 Å². The van der Waals surface area contributed by atoms with Gasteiger partial charge in [-0.25, -0.2) is 0 Å². The van der Waals surface area contributed by atoms with Gasteiger partial charge in [-0.3, -0.25) is 9.59 Å². The maximum atomic E-state index is 11.8. The zero-order valence-corrected chi connectivity index (χ0v) is 12.7. The summed E-state index contributed by atoms with van der Waals surface area (Å²) in [6.07, 6.45) is 0.953. The lowest BCUT2D eigenvalue weighted by molar-refractivity contribution is -0.115. The lowest BCUT2D eigenvalue weighted by atomic mass is 10.2. The maximum absolute atomic E-state index is 11.8. The molecule has 1 atom stereocenters. The van der Waals surface area contributed by atoms with Crippen LogP contribution in [-0.2, 0) is 4.79 Å². The van der Waals surface area contributed by atoms with E-state index in [1.165, 1.54) is 7.05 Å². The van der Waals surface area contributed by atoms with Gasteiger partial charge in [-0.2, -0.15) is 0 Å². The molecule has 1 rings (SSSR count). The molecule has 0 aliphatic carbocycles. The molecule has 0 heterocycles. The topological polar surface area (TPSA) is 70.2 Å². The van der Waals surface area contributed by atoms with Crippen molar-refractivity contribution in [2.24, 2.45) is 0 Å². The third kappa shape index (κ3) is 4.83. The van der Waals surface area contributed by atoms with E-state index < -0.39 is 0 Å². The first-order chi connectivity index (χ1) is 9.47. The number of hydrogen-bond donors (Lipinski definition) is 3. The highest BCUT2D eigenvalue weighted by Gasteiger charge is 2.11. The van der Waals surface area contributed by atoms with Gasteiger partial charge in [-0.1, -0.05) is 18.5 Å². The Morgan fingerprint density at radius 1 is 1.35 bits per heavy atom. The summed E-state index contributed by atoms with van der Waals surface area (Å²) in [5, 5.41) is 8.67. The highest BCUT2D eigenvalue weighted by atomic mass is 35.5. The van der Waals surface area contributed by atoms with Gasteiger partial charge < -0.3 is 16.0 Å². The predicted molar refractivity (Wildman–Crippen MR) is 81.2 cm³/mol. The molecule has 0 radical (unpaired) electrons. The first-order valence-corrected chi connectivity index (χ1v) is 6.90. The van der Waals surface area contributed by atoms with E-state index in [1.54, 1.807) is 18.2 Å². The number of nitrogens with one attached hydrogen (secondary N) is 3. The number of carbonyl (C=O) groups is 2. The zero-order valence-electron chi connectivity index (χ0n) is 11.9. The fourth-order valence-corrected chi connectivity index (χ4v) is 1.73. The molecule has 6 heteroatoms. The van der Waals surface area contributed by atoms with Crippen molar-refractivity contribution in [2.75, 3.05) is 18.9 Å². The van der Waals surface area contributed by atoms with Crippen molar-refractivity contribution < 1.29 is 9.59 Å². The quantitative estimate of drug-likeness (QED) is 0.752. The molecule has 2 amide bonds. The van der Waals surface area contributed by atoms with Gasteiger partial charge in [0.05, 0.1) is 17.1 Å². The Hall–Kier alpha value is -1.59. The minimum absolute atomic E-state index is 0.157. The summed E-state index contributed by atoms with van der Waals surface area (Å²) in [6.45, 7) is 4.29. The van der Waals surface area contributed by atoms with Crippen molar-refractivity contribution in [1.29, 1.82) is 0 Å². The fraction of sp³-hybridized carbons (Fsp3) is 0.429. The smallest absolute Gasteiger partial charge is 0.252 e. The Labute approximate surface area is 124 Å². The Morgan fingerprint density at radius 3 is 2.65 bits per heavy atom. The number of benzene rings is 1. The zero-order chi connectivity index (χ0) is 15.1. The van der Waals surface area contributed by atoms with Crippen LogP contribution in [-0.4, -0.2) is 31.4 Å². The van der Waals surface area contributed by atoms with Gasteiger partial charge in [0.1, 0.15) is 0 Å². The van der Waals surface area contributed by atoms with Crippen LogP contribution in [0.5, 0.6) is 0 Å². The van der Waals surface area contributed by atoms with Crippen molar-refractivity contribution in [3.05, 3.63) is 28.8 Å². The Bertz CT molecular complexity index is 491. The van der Waals surface area contributed by atoms with E-state index in [2.05, 4.69) is 16.0 Å². The summed E-state index contributed by atoms with van der Waals surface area (Å²) < 4.78 is 0. The van der Waals surface area contributed by atoms with Gasteiger partial charge >= 0.3 is 0 Å². The summed E-state index contributed by atoms with van der Waals surface area (Å²) >= 11 is 5.94. The van der Waals surface area contributed by atoms with E-state index in [0.29, 0.717) is 16.3 Å². The molecule has 0 saturated carbocycles. The van der Waals surface area contributed by atoms with Gasteiger partial charge in [0.15, 0.2) is 0 Å². The Morgan fingerprint density at radius 2 is 2.05 bits per heavy atom. The third-order valence-electron chi connectivity index (χ3n) is 2.95. The van der Waals surface area contributed by atoms with Crippen molar-refractivity contribution >= 4 is 29.1 Å². The standard InChI is InChI=1S/C14H20ClN3O2/c1-4-9(2)17-8-13(19)18-10-5-6-12(15)11(7-10)14(20)16-3/h5-7,9,17H,4,8H2,1-3H3,(H,16,20)(H,18,19). The third-order valence-corrected chi connectivity index (χ3v) is 3.27. The molecule has 0 fully saturated rings. The molecule has 1 unspecified atom stereocenters. The number of hydrogen-bond acceptors (Lipinski definition) is 3. The van der Waals surface area contributed by atoms with Gasteiger partial charge in [0.25, 0.3) is 5.91 Å². The number of halogens is 1. The van der Waals surface area contributed by atoms with Crippen LogP contribution in [0.3, 0.4) is 0 Å². The summed E-state index contributed by atoms with van der Waals surface area (Å²) in [5.74, 6) is -0.445. The Balaban J connectivity index is 2.68. The molecule has 0 aromatic heterocycles. The second-order valence-electron chi connectivity index (χ2n) is 4.51. The van der Waals surface area contributed by atoms with E-state index in [-0.39, 0.29) is 24.4 Å². The molecular formula is C14H20ClN3O2. The normalized spacial score (nSPS) is 11.8. The van der Waals surface area contributed by atoms with Crippen LogP contribution in [0.15, 0.2) is 18.2 Å². The molecule has 1 aromatic rings. The average molecular weight is 298 g/mol. The SMILES string of the molecule is CCC(C)NCC(=O)Nc1ccc(Cl)c(C(=O)NC)c1. The fourth-order valence-electron chi connectivity index (χ4n) is 1.53. The van der Waals surface area contributed by atoms with Crippen LogP contribution < -0.4 is 16.0 Å². The van der Waals surface area contributed by atoms with Crippen LogP contribution in [0.25, 0.3) is 0 Å². The molecule has 1 aromatic carbocycles. The van der Waals surface area contributed by atoms with Crippen LogP contribution in [0.2, 0.25) is 5.02 Å². The molecule has 3 N–H and O–H groups in total. The summed E-state index contributed by atoms with van der Waals surface area (Å²) in [4.78, 5) is 23.4. The van der Waals surface area contributed by atoms with Crippen molar-refractivity contribution in [1.82, 2.24) is 10.6 Å². The van der Waals surface area contributed by atoms with Crippen molar-refractivity contribution in [3.8, 4) is 0 Å². The largest absolute Gasteiger partial charge is 0.355 e. The van der Waals surface area contributed by atoms with Gasteiger partial charge in [0.2, 0.25) is 5.91 Å². The number of carbonyl (C=O) groups excluding carboxylic acids is 2. The van der Waals surface area contributed by atoms with E-state index in [1.807, 2.05) is 13.8 Å². The second-order valence-corrected chi connectivity index (χ2v) is 4.92. The van der Waals surface area contributed by atoms with E-state index in [9.17, 15) is 9.59 Å². The molecule has 0 aliphatic rings. The van der Waals surface area contributed by atoms with Crippen molar-refractivity contribution in [3.63, 3.8) is 0 Å². The minimum atomic E-state index is -0.288. The summed E-state index contributed by atoms with van der Waals surface area (Å²) in [5.41, 5.74) is 0.880. The van der Waals surface area contributed by atoms with E-state index >= 15 is 0 Å². The highest BCUT2D eigenvalue weighted by Crippen LogP contribution is 2.20. The van der Waals surface area contributed by atoms with Gasteiger partial charge in [-0.05, 0) is 31.5 Å². The molecule has 20 heavy (non-hydrogen) atoms. The number of rotatable bonds is 6. The molecule has 0 spiro atoms. The molecule has 0 aliphatic heterocycles. The summed E-state index contributed by atoms with van der Waals surface area (Å²) in [7, 11) is 1.53. The molecule has 110 valence electrons. The first kappa shape index (κ1) is 16.5. The molecule has 0 bridgehead atoms. The first-order valence-electron chi connectivity index (χ1n) is 6.52. The number of amides is 2. The predicted octanol–water partition coefficient (Wildman–Crippen LogP) is 2.03.